The second kappa shape index (κ2) is 4.21. The lowest BCUT2D eigenvalue weighted by atomic mass is 10.1. The van der Waals surface area contributed by atoms with Crippen LogP contribution in [0, 0.1) is 5.92 Å². The summed E-state index contributed by atoms with van der Waals surface area (Å²) in [6.45, 7) is 5.04. The maximum atomic E-state index is 12.1. The summed E-state index contributed by atoms with van der Waals surface area (Å²) in [5.74, 6) is -0.0829. The monoisotopic (exact) mass is 206 g/mol. The fraction of sp³-hybridized carbons (Fsp3) is 0.889. The van der Waals surface area contributed by atoms with Gasteiger partial charge in [0.15, 0.2) is 0 Å². The highest BCUT2D eigenvalue weighted by Gasteiger charge is 2.38. The van der Waals surface area contributed by atoms with Crippen LogP contribution in [0.1, 0.15) is 20.8 Å². The van der Waals surface area contributed by atoms with E-state index >= 15 is 0 Å². The summed E-state index contributed by atoms with van der Waals surface area (Å²) in [4.78, 5) is 12.8. The molecule has 1 fully saturated rings. The molecule has 0 saturated carbocycles. The predicted octanol–water partition coefficient (Wildman–Crippen LogP) is 1.05. The van der Waals surface area contributed by atoms with E-state index in [2.05, 4.69) is 5.32 Å². The van der Waals surface area contributed by atoms with E-state index in [0.717, 1.165) is 0 Å². The fourth-order valence-corrected chi connectivity index (χ4v) is 1.67. The summed E-state index contributed by atoms with van der Waals surface area (Å²) >= 11 is 0. The Hall–Kier alpha value is -0.710. The molecular weight excluding hydrogens is 190 g/mol. The van der Waals surface area contributed by atoms with Crippen molar-refractivity contribution in [3.63, 3.8) is 0 Å². The zero-order chi connectivity index (χ0) is 10.9. The number of carbonyl (C=O) groups excluding carboxylic acids is 1. The predicted molar refractivity (Wildman–Crippen MR) is 48.9 cm³/mol. The Bertz CT molecular complexity index is 221. The molecular formula is C9H16F2N2O. The number of nitrogens with one attached hydrogen (secondary N) is 1. The highest BCUT2D eigenvalue weighted by atomic mass is 19.3. The summed E-state index contributed by atoms with van der Waals surface area (Å²) in [7, 11) is 0. The minimum atomic E-state index is -2.46. The molecule has 1 heterocycles. The third-order valence-corrected chi connectivity index (χ3v) is 2.44. The lowest BCUT2D eigenvalue weighted by Gasteiger charge is -2.19. The molecule has 0 radical (unpaired) electrons. The van der Waals surface area contributed by atoms with Crippen LogP contribution in [0.15, 0.2) is 0 Å². The molecule has 1 aliphatic heterocycles. The fourth-order valence-electron chi connectivity index (χ4n) is 1.67. The van der Waals surface area contributed by atoms with E-state index in [1.54, 1.807) is 6.92 Å². The Labute approximate surface area is 82.5 Å². The van der Waals surface area contributed by atoms with E-state index in [9.17, 15) is 13.6 Å². The van der Waals surface area contributed by atoms with Gasteiger partial charge >= 0.3 is 0 Å². The molecule has 2 atom stereocenters. The first-order valence-corrected chi connectivity index (χ1v) is 4.78. The van der Waals surface area contributed by atoms with Crippen LogP contribution < -0.4 is 5.32 Å². The van der Waals surface area contributed by atoms with Gasteiger partial charge in [0, 0.05) is 0 Å². The standard InChI is InChI=1S/C9H16F2N2O/c1-5(2)8-9(14)13(4-7(10)11)6(3)12-8/h5-8,12H,4H2,1-3H3. The van der Waals surface area contributed by atoms with Gasteiger partial charge < -0.3 is 4.90 Å². The van der Waals surface area contributed by atoms with Crippen LogP contribution in [-0.2, 0) is 4.79 Å². The Morgan fingerprint density at radius 1 is 1.50 bits per heavy atom. The molecule has 1 saturated heterocycles. The van der Waals surface area contributed by atoms with E-state index in [4.69, 9.17) is 0 Å². The number of amides is 1. The molecule has 1 rings (SSSR count). The minimum absolute atomic E-state index is 0.132. The minimum Gasteiger partial charge on any atom is -0.320 e. The Balaban J connectivity index is 2.65. The number of hydrogen-bond acceptors (Lipinski definition) is 2. The van der Waals surface area contributed by atoms with Crippen molar-refractivity contribution >= 4 is 5.91 Å². The van der Waals surface area contributed by atoms with E-state index in [1.807, 2.05) is 13.8 Å². The van der Waals surface area contributed by atoms with Gasteiger partial charge in [-0.3, -0.25) is 10.1 Å². The van der Waals surface area contributed by atoms with E-state index in [1.165, 1.54) is 4.90 Å². The van der Waals surface area contributed by atoms with Crippen LogP contribution in [0.2, 0.25) is 0 Å². The molecule has 1 amide bonds. The van der Waals surface area contributed by atoms with Crippen molar-refractivity contribution in [2.24, 2.45) is 5.92 Å². The molecule has 1 N–H and O–H groups in total. The van der Waals surface area contributed by atoms with E-state index < -0.39 is 13.0 Å². The number of hydrogen-bond donors (Lipinski definition) is 1. The summed E-state index contributed by atoms with van der Waals surface area (Å²) < 4.78 is 24.3. The van der Waals surface area contributed by atoms with Crippen LogP contribution in [-0.4, -0.2) is 36.0 Å². The highest BCUT2D eigenvalue weighted by molar-refractivity contribution is 5.84. The van der Waals surface area contributed by atoms with Gasteiger partial charge in [-0.1, -0.05) is 13.8 Å². The van der Waals surface area contributed by atoms with Gasteiger partial charge in [-0.15, -0.1) is 0 Å². The Morgan fingerprint density at radius 3 is 2.43 bits per heavy atom. The second-order valence-electron chi connectivity index (χ2n) is 3.95. The summed E-state index contributed by atoms with van der Waals surface area (Å²) in [5, 5.41) is 3.00. The number of rotatable bonds is 3. The molecule has 1 aliphatic rings. The van der Waals surface area contributed by atoms with Gasteiger partial charge in [0.2, 0.25) is 5.91 Å². The van der Waals surface area contributed by atoms with Crippen molar-refractivity contribution in [1.29, 1.82) is 0 Å². The molecule has 5 heteroatoms. The van der Waals surface area contributed by atoms with Crippen molar-refractivity contribution in [3.05, 3.63) is 0 Å². The van der Waals surface area contributed by atoms with Gasteiger partial charge in [-0.25, -0.2) is 8.78 Å². The molecule has 82 valence electrons. The summed E-state index contributed by atoms with van der Waals surface area (Å²) in [6, 6.07) is -0.316. The van der Waals surface area contributed by atoms with Crippen molar-refractivity contribution < 1.29 is 13.6 Å². The zero-order valence-corrected chi connectivity index (χ0v) is 8.63. The number of alkyl halides is 2. The first-order chi connectivity index (χ1) is 6.43. The normalized spacial score (nSPS) is 28.2. The highest BCUT2D eigenvalue weighted by Crippen LogP contribution is 2.17. The van der Waals surface area contributed by atoms with Gasteiger partial charge in [-0.05, 0) is 12.8 Å². The smallest absolute Gasteiger partial charge is 0.255 e. The van der Waals surface area contributed by atoms with Crippen molar-refractivity contribution in [2.75, 3.05) is 6.54 Å². The average Bonchev–Trinajstić information content (AvgIpc) is 2.31. The molecule has 0 bridgehead atoms. The van der Waals surface area contributed by atoms with Crippen molar-refractivity contribution in [2.45, 2.75) is 39.4 Å². The lowest BCUT2D eigenvalue weighted by molar-refractivity contribution is -0.132. The van der Waals surface area contributed by atoms with Gasteiger partial charge in [0.25, 0.3) is 6.43 Å². The van der Waals surface area contributed by atoms with Crippen LogP contribution in [0.5, 0.6) is 0 Å². The van der Waals surface area contributed by atoms with Crippen LogP contribution in [0.4, 0.5) is 8.78 Å². The molecule has 0 aromatic rings. The third kappa shape index (κ3) is 2.20. The van der Waals surface area contributed by atoms with Crippen LogP contribution >= 0.6 is 0 Å². The van der Waals surface area contributed by atoms with E-state index in [-0.39, 0.29) is 24.0 Å². The largest absolute Gasteiger partial charge is 0.320 e. The SMILES string of the molecule is CC(C)C1NC(C)N(CC(F)F)C1=O. The summed E-state index contributed by atoms with van der Waals surface area (Å²) in [5.41, 5.74) is 0. The second-order valence-corrected chi connectivity index (χ2v) is 3.95. The molecule has 0 aromatic carbocycles. The number of halogens is 2. The van der Waals surface area contributed by atoms with Crippen molar-refractivity contribution in [3.8, 4) is 0 Å². The van der Waals surface area contributed by atoms with Crippen molar-refractivity contribution in [1.82, 2.24) is 10.2 Å². The Kier molecular flexibility index (Phi) is 3.42. The summed E-state index contributed by atoms with van der Waals surface area (Å²) in [6.07, 6.45) is -2.75. The molecule has 0 aromatic heterocycles. The van der Waals surface area contributed by atoms with Crippen LogP contribution in [0.25, 0.3) is 0 Å². The zero-order valence-electron chi connectivity index (χ0n) is 8.63. The van der Waals surface area contributed by atoms with Gasteiger partial charge in [-0.2, -0.15) is 0 Å². The van der Waals surface area contributed by atoms with E-state index in [0.29, 0.717) is 0 Å². The van der Waals surface area contributed by atoms with Gasteiger partial charge in [0.05, 0.1) is 18.8 Å². The maximum Gasteiger partial charge on any atom is 0.255 e. The van der Waals surface area contributed by atoms with Gasteiger partial charge in [0.1, 0.15) is 0 Å². The topological polar surface area (TPSA) is 32.3 Å². The third-order valence-electron chi connectivity index (χ3n) is 2.44. The molecule has 14 heavy (non-hydrogen) atoms. The molecule has 3 nitrogen and oxygen atoms in total. The average molecular weight is 206 g/mol. The lowest BCUT2D eigenvalue weighted by Crippen LogP contribution is -2.38. The number of nitrogens with zero attached hydrogens (tertiary/aromatic N) is 1. The van der Waals surface area contributed by atoms with Crippen LogP contribution in [0.3, 0.4) is 0 Å². The molecule has 0 aliphatic carbocycles. The Morgan fingerprint density at radius 2 is 2.07 bits per heavy atom. The number of carbonyl (C=O) groups is 1. The molecule has 2 unspecified atom stereocenters. The first-order valence-electron chi connectivity index (χ1n) is 4.78. The first kappa shape index (κ1) is 11.4. The maximum absolute atomic E-state index is 12.1. The molecule has 0 spiro atoms. The quantitative estimate of drug-likeness (QED) is 0.748.